The summed E-state index contributed by atoms with van der Waals surface area (Å²) in [5, 5.41) is 24.8. The molecular weight excluding hydrogens is 266 g/mol. The van der Waals surface area contributed by atoms with E-state index in [0.29, 0.717) is 12.5 Å². The highest BCUT2D eigenvalue weighted by Crippen LogP contribution is 2.14. The summed E-state index contributed by atoms with van der Waals surface area (Å²) in [6, 6.07) is 19.1. The SMILES string of the molecule is O[C@@H](CNc1nnnn1-c1ccccc1)c1ccccc1. The molecular formula is C15H15N5O. The Morgan fingerprint density at radius 3 is 2.38 bits per heavy atom. The third-order valence-corrected chi connectivity index (χ3v) is 3.11. The average molecular weight is 281 g/mol. The molecule has 2 N–H and O–H groups in total. The van der Waals surface area contributed by atoms with Crippen LogP contribution in [0.15, 0.2) is 60.7 Å². The summed E-state index contributed by atoms with van der Waals surface area (Å²) in [6.07, 6.45) is -0.618. The molecule has 106 valence electrons. The smallest absolute Gasteiger partial charge is 0.247 e. The molecule has 0 aliphatic carbocycles. The second-order valence-electron chi connectivity index (χ2n) is 4.56. The number of hydrogen-bond donors (Lipinski definition) is 2. The molecule has 0 spiro atoms. The van der Waals surface area contributed by atoms with Crippen molar-refractivity contribution in [2.24, 2.45) is 0 Å². The van der Waals surface area contributed by atoms with Crippen LogP contribution in [0.5, 0.6) is 0 Å². The average Bonchev–Trinajstić information content (AvgIpc) is 3.03. The van der Waals surface area contributed by atoms with Gasteiger partial charge in [-0.1, -0.05) is 53.6 Å². The van der Waals surface area contributed by atoms with Crippen LogP contribution in [0, 0.1) is 0 Å². The molecule has 0 saturated carbocycles. The Kier molecular flexibility index (Phi) is 3.88. The number of tetrazole rings is 1. The van der Waals surface area contributed by atoms with Gasteiger partial charge in [0.15, 0.2) is 0 Å². The largest absolute Gasteiger partial charge is 0.387 e. The number of benzene rings is 2. The predicted molar refractivity (Wildman–Crippen MR) is 79.0 cm³/mol. The van der Waals surface area contributed by atoms with Gasteiger partial charge in [-0.2, -0.15) is 4.68 Å². The molecule has 6 heteroatoms. The monoisotopic (exact) mass is 281 g/mol. The van der Waals surface area contributed by atoms with Gasteiger partial charge in [0, 0.05) is 6.54 Å². The molecule has 0 aliphatic heterocycles. The first kappa shape index (κ1) is 13.3. The Morgan fingerprint density at radius 2 is 1.67 bits per heavy atom. The first-order chi connectivity index (χ1) is 10.3. The summed E-state index contributed by atoms with van der Waals surface area (Å²) in [4.78, 5) is 0. The predicted octanol–water partition coefficient (Wildman–Crippen LogP) is 1.81. The van der Waals surface area contributed by atoms with Crippen molar-refractivity contribution in [3.63, 3.8) is 0 Å². The fraction of sp³-hybridized carbons (Fsp3) is 0.133. The number of aliphatic hydroxyl groups is 1. The zero-order chi connectivity index (χ0) is 14.5. The fourth-order valence-electron chi connectivity index (χ4n) is 2.02. The van der Waals surface area contributed by atoms with Crippen molar-refractivity contribution in [2.75, 3.05) is 11.9 Å². The van der Waals surface area contributed by atoms with Gasteiger partial charge in [-0.15, -0.1) is 0 Å². The minimum absolute atomic E-state index is 0.331. The van der Waals surface area contributed by atoms with Crippen LogP contribution in [-0.4, -0.2) is 31.9 Å². The lowest BCUT2D eigenvalue weighted by atomic mass is 10.1. The van der Waals surface area contributed by atoms with E-state index in [1.807, 2.05) is 60.7 Å². The molecule has 2 aromatic carbocycles. The quantitative estimate of drug-likeness (QED) is 0.746. The van der Waals surface area contributed by atoms with Crippen LogP contribution in [0.3, 0.4) is 0 Å². The van der Waals surface area contributed by atoms with Crippen LogP contribution >= 0.6 is 0 Å². The summed E-state index contributed by atoms with van der Waals surface area (Å²) in [5.74, 6) is 0.496. The van der Waals surface area contributed by atoms with Crippen LogP contribution in [0.1, 0.15) is 11.7 Å². The van der Waals surface area contributed by atoms with Crippen molar-refractivity contribution < 1.29 is 5.11 Å². The molecule has 0 radical (unpaired) electrons. The normalized spacial score (nSPS) is 12.0. The van der Waals surface area contributed by atoms with Crippen LogP contribution in [0.4, 0.5) is 5.95 Å². The number of aliphatic hydroxyl groups excluding tert-OH is 1. The highest BCUT2D eigenvalue weighted by molar-refractivity contribution is 5.38. The van der Waals surface area contributed by atoms with Gasteiger partial charge in [-0.05, 0) is 28.1 Å². The van der Waals surface area contributed by atoms with Crippen molar-refractivity contribution in [1.29, 1.82) is 0 Å². The zero-order valence-corrected chi connectivity index (χ0v) is 11.3. The Morgan fingerprint density at radius 1 is 1.00 bits per heavy atom. The van der Waals surface area contributed by atoms with Crippen molar-refractivity contribution in [3.05, 3.63) is 66.2 Å². The first-order valence-corrected chi connectivity index (χ1v) is 6.65. The minimum atomic E-state index is -0.618. The molecule has 0 bridgehead atoms. The van der Waals surface area contributed by atoms with Gasteiger partial charge in [0.25, 0.3) is 0 Å². The molecule has 6 nitrogen and oxygen atoms in total. The van der Waals surface area contributed by atoms with Gasteiger partial charge in [-0.25, -0.2) is 0 Å². The molecule has 1 heterocycles. The molecule has 21 heavy (non-hydrogen) atoms. The van der Waals surface area contributed by atoms with E-state index in [-0.39, 0.29) is 0 Å². The Labute approximate surface area is 122 Å². The molecule has 0 saturated heterocycles. The topological polar surface area (TPSA) is 75.9 Å². The van der Waals surface area contributed by atoms with Gasteiger partial charge >= 0.3 is 0 Å². The van der Waals surface area contributed by atoms with E-state index in [1.165, 1.54) is 0 Å². The van der Waals surface area contributed by atoms with E-state index in [0.717, 1.165) is 11.3 Å². The number of anilines is 1. The van der Waals surface area contributed by atoms with Crippen molar-refractivity contribution in [1.82, 2.24) is 20.2 Å². The molecule has 3 aromatic rings. The van der Waals surface area contributed by atoms with E-state index in [2.05, 4.69) is 20.8 Å². The fourth-order valence-corrected chi connectivity index (χ4v) is 2.02. The second kappa shape index (κ2) is 6.15. The van der Waals surface area contributed by atoms with Gasteiger partial charge < -0.3 is 10.4 Å². The second-order valence-corrected chi connectivity index (χ2v) is 4.56. The number of aromatic nitrogens is 4. The van der Waals surface area contributed by atoms with Crippen molar-refractivity contribution in [3.8, 4) is 5.69 Å². The number of rotatable bonds is 5. The summed E-state index contributed by atoms with van der Waals surface area (Å²) in [5.41, 5.74) is 1.71. The number of para-hydroxylation sites is 1. The summed E-state index contributed by atoms with van der Waals surface area (Å²) in [6.45, 7) is 0.331. The Hall–Kier alpha value is -2.73. The molecule has 1 aromatic heterocycles. The number of nitrogens with one attached hydrogen (secondary N) is 1. The van der Waals surface area contributed by atoms with Crippen LogP contribution in [-0.2, 0) is 0 Å². The van der Waals surface area contributed by atoms with E-state index < -0.39 is 6.10 Å². The Balaban J connectivity index is 1.71. The summed E-state index contributed by atoms with van der Waals surface area (Å²) < 4.78 is 1.59. The maximum Gasteiger partial charge on any atom is 0.247 e. The standard InChI is InChI=1S/C15H15N5O/c21-14(12-7-3-1-4-8-12)11-16-15-17-18-19-20(15)13-9-5-2-6-10-13/h1-10,14,21H,11H2,(H,16,17,19)/t14-/m0/s1. The lowest BCUT2D eigenvalue weighted by molar-refractivity contribution is 0.191. The van der Waals surface area contributed by atoms with E-state index in [1.54, 1.807) is 4.68 Å². The minimum Gasteiger partial charge on any atom is -0.387 e. The molecule has 0 aliphatic rings. The van der Waals surface area contributed by atoms with Crippen molar-refractivity contribution >= 4 is 5.95 Å². The van der Waals surface area contributed by atoms with E-state index in [4.69, 9.17) is 0 Å². The van der Waals surface area contributed by atoms with E-state index >= 15 is 0 Å². The summed E-state index contributed by atoms with van der Waals surface area (Å²) >= 11 is 0. The van der Waals surface area contributed by atoms with Crippen LogP contribution < -0.4 is 5.32 Å². The third-order valence-electron chi connectivity index (χ3n) is 3.11. The Bertz CT molecular complexity index is 684. The maximum atomic E-state index is 10.1. The summed E-state index contributed by atoms with van der Waals surface area (Å²) in [7, 11) is 0. The van der Waals surface area contributed by atoms with Crippen LogP contribution in [0.2, 0.25) is 0 Å². The third kappa shape index (κ3) is 3.06. The van der Waals surface area contributed by atoms with E-state index in [9.17, 15) is 5.11 Å². The first-order valence-electron chi connectivity index (χ1n) is 6.65. The van der Waals surface area contributed by atoms with Gasteiger partial charge in [0.05, 0.1) is 11.8 Å². The molecule has 0 unspecified atom stereocenters. The maximum absolute atomic E-state index is 10.1. The van der Waals surface area contributed by atoms with Gasteiger partial charge in [0.1, 0.15) is 0 Å². The highest BCUT2D eigenvalue weighted by atomic mass is 16.3. The van der Waals surface area contributed by atoms with Crippen LogP contribution in [0.25, 0.3) is 5.69 Å². The van der Waals surface area contributed by atoms with Crippen molar-refractivity contribution in [2.45, 2.75) is 6.10 Å². The number of hydrogen-bond acceptors (Lipinski definition) is 5. The van der Waals surface area contributed by atoms with Gasteiger partial charge in [0.2, 0.25) is 5.95 Å². The highest BCUT2D eigenvalue weighted by Gasteiger charge is 2.11. The molecule has 1 atom stereocenters. The molecule has 0 fully saturated rings. The molecule has 0 amide bonds. The molecule has 3 rings (SSSR count). The number of nitrogens with zero attached hydrogens (tertiary/aromatic N) is 4. The van der Waals surface area contributed by atoms with Gasteiger partial charge in [-0.3, -0.25) is 0 Å². The lowest BCUT2D eigenvalue weighted by Gasteiger charge is -2.12. The zero-order valence-electron chi connectivity index (χ0n) is 11.3. The lowest BCUT2D eigenvalue weighted by Crippen LogP contribution is -2.15.